The van der Waals surface area contributed by atoms with Gasteiger partial charge in [-0.2, -0.15) is 0 Å². The summed E-state index contributed by atoms with van der Waals surface area (Å²) in [7, 11) is 0. The number of carbonyl (C=O) groups excluding carboxylic acids is 1. The summed E-state index contributed by atoms with van der Waals surface area (Å²) in [5.41, 5.74) is 1.28. The molecule has 0 aliphatic carbocycles. The summed E-state index contributed by atoms with van der Waals surface area (Å²) >= 11 is 1.06. The minimum Gasteiger partial charge on any atom is -0.294 e. The van der Waals surface area contributed by atoms with Crippen LogP contribution < -0.4 is 0 Å². The molecule has 0 amide bonds. The molecule has 0 aliphatic heterocycles. The first kappa shape index (κ1) is 12.7. The number of rotatable bonds is 3. The molecule has 3 nitrogen and oxygen atoms in total. The van der Waals surface area contributed by atoms with E-state index < -0.39 is 5.82 Å². The largest absolute Gasteiger partial charge is 0.294 e. The van der Waals surface area contributed by atoms with Crippen LogP contribution >= 0.6 is 11.8 Å². The van der Waals surface area contributed by atoms with Crippen molar-refractivity contribution in [1.82, 2.24) is 9.97 Å². The summed E-state index contributed by atoms with van der Waals surface area (Å²) in [6, 6.07) is 4.44. The van der Waals surface area contributed by atoms with Gasteiger partial charge in [-0.05, 0) is 37.2 Å². The molecule has 0 fully saturated rings. The van der Waals surface area contributed by atoms with Crippen LogP contribution in [0.5, 0.6) is 0 Å². The molecule has 1 aromatic carbocycles. The topological polar surface area (TPSA) is 42.9 Å². The van der Waals surface area contributed by atoms with Gasteiger partial charge in [-0.25, -0.2) is 14.4 Å². The number of benzene rings is 1. The summed E-state index contributed by atoms with van der Waals surface area (Å²) in [6.45, 7) is 3.29. The lowest BCUT2D eigenvalue weighted by Gasteiger charge is -2.06. The van der Waals surface area contributed by atoms with E-state index in [1.54, 1.807) is 18.5 Å². The Morgan fingerprint density at radius 1 is 1.28 bits per heavy atom. The summed E-state index contributed by atoms with van der Waals surface area (Å²) in [4.78, 5) is 19.9. The summed E-state index contributed by atoms with van der Waals surface area (Å²) < 4.78 is 13.7. The fourth-order valence-electron chi connectivity index (χ4n) is 1.41. The van der Waals surface area contributed by atoms with Crippen LogP contribution in [0.1, 0.15) is 22.8 Å². The highest BCUT2D eigenvalue weighted by Gasteiger charge is 2.14. The Morgan fingerprint density at radius 2 is 1.94 bits per heavy atom. The number of hydrogen-bond acceptors (Lipinski definition) is 4. The molecule has 1 aromatic heterocycles. The molecule has 5 heteroatoms. The Bertz CT molecular complexity index is 584. The zero-order chi connectivity index (χ0) is 13.1. The molecule has 0 spiro atoms. The van der Waals surface area contributed by atoms with E-state index in [0.29, 0.717) is 10.7 Å². The second-order valence-corrected chi connectivity index (χ2v) is 4.80. The number of aromatic nitrogens is 2. The average molecular weight is 262 g/mol. The van der Waals surface area contributed by atoms with E-state index in [1.165, 1.54) is 19.1 Å². The average Bonchev–Trinajstić information content (AvgIpc) is 2.34. The summed E-state index contributed by atoms with van der Waals surface area (Å²) in [5, 5.41) is 0.424. The molecule has 0 bridgehead atoms. The Hall–Kier alpha value is -1.75. The van der Waals surface area contributed by atoms with Crippen LogP contribution in [0.25, 0.3) is 0 Å². The van der Waals surface area contributed by atoms with Gasteiger partial charge >= 0.3 is 0 Å². The number of carbonyl (C=O) groups is 1. The molecule has 92 valence electrons. The Labute approximate surface area is 108 Å². The van der Waals surface area contributed by atoms with Gasteiger partial charge in [-0.3, -0.25) is 4.79 Å². The van der Waals surface area contributed by atoms with Gasteiger partial charge in [-0.1, -0.05) is 12.1 Å². The maximum Gasteiger partial charge on any atom is 0.192 e. The quantitative estimate of drug-likeness (QED) is 0.629. The van der Waals surface area contributed by atoms with Crippen molar-refractivity contribution in [3.8, 4) is 0 Å². The third-order valence-corrected chi connectivity index (χ3v) is 3.31. The van der Waals surface area contributed by atoms with Gasteiger partial charge in [0, 0.05) is 18.0 Å². The molecule has 1 heterocycles. The van der Waals surface area contributed by atoms with Crippen molar-refractivity contribution in [3.63, 3.8) is 0 Å². The second kappa shape index (κ2) is 5.27. The van der Waals surface area contributed by atoms with Gasteiger partial charge in [-0.15, -0.1) is 0 Å². The fourth-order valence-corrected chi connectivity index (χ4v) is 2.30. The van der Waals surface area contributed by atoms with Gasteiger partial charge in [0.1, 0.15) is 5.82 Å². The van der Waals surface area contributed by atoms with Crippen LogP contribution in [0.2, 0.25) is 0 Å². The van der Waals surface area contributed by atoms with E-state index in [2.05, 4.69) is 9.97 Å². The first-order valence-electron chi connectivity index (χ1n) is 5.34. The van der Waals surface area contributed by atoms with Crippen LogP contribution in [-0.4, -0.2) is 15.8 Å². The Balaban J connectivity index is 2.39. The Morgan fingerprint density at radius 3 is 2.56 bits per heavy atom. The molecule has 0 saturated heterocycles. The fraction of sp³-hybridized carbons (Fsp3) is 0.154. The van der Waals surface area contributed by atoms with Crippen LogP contribution in [0.15, 0.2) is 40.6 Å². The van der Waals surface area contributed by atoms with Crippen molar-refractivity contribution in [2.75, 3.05) is 0 Å². The number of halogens is 1. The molecule has 2 aromatic rings. The van der Waals surface area contributed by atoms with Crippen molar-refractivity contribution in [2.24, 2.45) is 0 Å². The van der Waals surface area contributed by atoms with Gasteiger partial charge < -0.3 is 0 Å². The molecule has 0 radical (unpaired) electrons. The van der Waals surface area contributed by atoms with Gasteiger partial charge in [0.2, 0.25) is 0 Å². The SMILES string of the molecule is CC(=O)c1cccc(F)c1Sc1ncc(C)cn1. The third-order valence-electron chi connectivity index (χ3n) is 2.30. The summed E-state index contributed by atoms with van der Waals surface area (Å²) in [5.74, 6) is -0.610. The second-order valence-electron chi connectivity index (χ2n) is 3.82. The number of nitrogens with zero attached hydrogens (tertiary/aromatic N) is 2. The van der Waals surface area contributed by atoms with Crippen LogP contribution in [0, 0.1) is 12.7 Å². The van der Waals surface area contributed by atoms with E-state index in [1.807, 2.05) is 6.92 Å². The molecular weight excluding hydrogens is 251 g/mol. The van der Waals surface area contributed by atoms with Crippen LogP contribution in [-0.2, 0) is 0 Å². The number of Topliss-reactive ketones (excluding diaryl/α,β-unsaturated/α-hetero) is 1. The maximum atomic E-state index is 13.7. The zero-order valence-electron chi connectivity index (χ0n) is 9.98. The lowest BCUT2D eigenvalue weighted by molar-refractivity contribution is 0.101. The van der Waals surface area contributed by atoms with Crippen molar-refractivity contribution < 1.29 is 9.18 Å². The van der Waals surface area contributed by atoms with Crippen molar-refractivity contribution in [1.29, 1.82) is 0 Å². The highest BCUT2D eigenvalue weighted by atomic mass is 32.2. The first-order valence-corrected chi connectivity index (χ1v) is 6.15. The van der Waals surface area contributed by atoms with Gasteiger partial charge in [0.05, 0.1) is 4.90 Å². The zero-order valence-corrected chi connectivity index (χ0v) is 10.8. The Kier molecular flexibility index (Phi) is 3.72. The lowest BCUT2D eigenvalue weighted by Crippen LogP contribution is -1.98. The highest BCUT2D eigenvalue weighted by molar-refractivity contribution is 7.99. The maximum absolute atomic E-state index is 13.7. The minimum absolute atomic E-state index is 0.177. The van der Waals surface area contributed by atoms with Crippen molar-refractivity contribution >= 4 is 17.5 Å². The van der Waals surface area contributed by atoms with Crippen molar-refractivity contribution in [2.45, 2.75) is 23.9 Å². The molecule has 0 unspecified atom stereocenters. The molecule has 18 heavy (non-hydrogen) atoms. The molecule has 0 aliphatic rings. The van der Waals surface area contributed by atoms with Crippen LogP contribution in [0.3, 0.4) is 0 Å². The van der Waals surface area contributed by atoms with E-state index >= 15 is 0 Å². The van der Waals surface area contributed by atoms with Crippen LogP contribution in [0.4, 0.5) is 4.39 Å². The monoisotopic (exact) mass is 262 g/mol. The normalized spacial score (nSPS) is 10.4. The highest BCUT2D eigenvalue weighted by Crippen LogP contribution is 2.30. The lowest BCUT2D eigenvalue weighted by atomic mass is 10.1. The number of ketones is 1. The minimum atomic E-state index is -0.433. The molecule has 2 rings (SSSR count). The molecular formula is C13H11FN2OS. The number of aryl methyl sites for hydroxylation is 1. The van der Waals surface area contributed by atoms with E-state index in [9.17, 15) is 9.18 Å². The molecule has 0 saturated carbocycles. The first-order chi connectivity index (χ1) is 8.58. The van der Waals surface area contributed by atoms with E-state index in [4.69, 9.17) is 0 Å². The van der Waals surface area contributed by atoms with Gasteiger partial charge in [0.25, 0.3) is 0 Å². The predicted octanol–water partition coefficient (Wildman–Crippen LogP) is 3.28. The van der Waals surface area contributed by atoms with E-state index in [-0.39, 0.29) is 10.7 Å². The smallest absolute Gasteiger partial charge is 0.192 e. The van der Waals surface area contributed by atoms with Crippen molar-refractivity contribution in [3.05, 3.63) is 47.5 Å². The number of hydrogen-bond donors (Lipinski definition) is 0. The standard InChI is InChI=1S/C13H11FN2OS/c1-8-6-15-13(16-7-8)18-12-10(9(2)17)4-3-5-11(12)14/h3-7H,1-2H3. The predicted molar refractivity (Wildman–Crippen MR) is 67.3 cm³/mol. The third kappa shape index (κ3) is 2.73. The molecule has 0 atom stereocenters. The van der Waals surface area contributed by atoms with E-state index in [0.717, 1.165) is 17.3 Å². The molecule has 0 N–H and O–H groups in total. The summed E-state index contributed by atoms with van der Waals surface area (Å²) in [6.07, 6.45) is 3.31. The van der Waals surface area contributed by atoms with Gasteiger partial charge in [0.15, 0.2) is 10.9 Å².